The van der Waals surface area contributed by atoms with Crippen molar-refractivity contribution in [2.24, 2.45) is 11.3 Å². The molecule has 0 amide bonds. The van der Waals surface area contributed by atoms with Crippen molar-refractivity contribution in [3.63, 3.8) is 0 Å². The third-order valence-corrected chi connectivity index (χ3v) is 5.54. The van der Waals surface area contributed by atoms with Gasteiger partial charge in [-0.25, -0.2) is 0 Å². The van der Waals surface area contributed by atoms with E-state index in [2.05, 4.69) is 42.8 Å². The van der Waals surface area contributed by atoms with Gasteiger partial charge in [0.1, 0.15) is 0 Å². The average Bonchev–Trinajstić information content (AvgIpc) is 2.43. The summed E-state index contributed by atoms with van der Waals surface area (Å²) in [5.41, 5.74) is 0.462. The van der Waals surface area contributed by atoms with Crippen molar-refractivity contribution in [2.45, 2.75) is 53.0 Å². The van der Waals surface area contributed by atoms with Crippen LogP contribution in [-0.2, 0) is 0 Å². The molecule has 2 aliphatic rings. The Bertz CT molecular complexity index is 282. The van der Waals surface area contributed by atoms with Crippen molar-refractivity contribution < 1.29 is 0 Å². The molecule has 1 saturated heterocycles. The number of nitrogens with one attached hydrogen (secondary N) is 1. The van der Waals surface area contributed by atoms with Gasteiger partial charge in [0.15, 0.2) is 0 Å². The minimum atomic E-state index is 0.462. The molecule has 0 bridgehead atoms. The fraction of sp³-hybridized carbons (Fsp3) is 1.00. The van der Waals surface area contributed by atoms with E-state index in [1.165, 1.54) is 58.5 Å². The molecule has 1 heterocycles. The molecule has 0 aromatic heterocycles. The number of likely N-dealkylation sites (N-methyl/N-ethyl adjacent to an activating group) is 1. The largest absolute Gasteiger partial charge is 0.313 e. The Morgan fingerprint density at radius 2 is 1.70 bits per heavy atom. The van der Waals surface area contributed by atoms with Gasteiger partial charge in [-0.15, -0.1) is 0 Å². The van der Waals surface area contributed by atoms with Gasteiger partial charge in [0.2, 0.25) is 0 Å². The van der Waals surface area contributed by atoms with Gasteiger partial charge in [0, 0.05) is 38.8 Å². The molecule has 2 unspecified atom stereocenters. The van der Waals surface area contributed by atoms with E-state index in [-0.39, 0.29) is 0 Å². The Morgan fingerprint density at radius 3 is 2.30 bits per heavy atom. The van der Waals surface area contributed by atoms with Crippen LogP contribution in [0.3, 0.4) is 0 Å². The molecule has 3 nitrogen and oxygen atoms in total. The summed E-state index contributed by atoms with van der Waals surface area (Å²) < 4.78 is 0. The lowest BCUT2D eigenvalue weighted by atomic mass is 9.67. The van der Waals surface area contributed by atoms with Crippen molar-refractivity contribution in [3.8, 4) is 0 Å². The molecule has 0 radical (unpaired) electrons. The summed E-state index contributed by atoms with van der Waals surface area (Å²) in [5, 5.41) is 3.80. The lowest BCUT2D eigenvalue weighted by Gasteiger charge is -2.47. The Morgan fingerprint density at radius 1 is 1.05 bits per heavy atom. The molecule has 0 aromatic rings. The van der Waals surface area contributed by atoms with Crippen LogP contribution in [0.2, 0.25) is 0 Å². The van der Waals surface area contributed by atoms with Crippen molar-refractivity contribution in [1.82, 2.24) is 15.1 Å². The molecule has 3 heteroatoms. The van der Waals surface area contributed by atoms with Crippen LogP contribution >= 0.6 is 0 Å². The predicted octanol–water partition coefficient (Wildman–Crippen LogP) is 2.43. The van der Waals surface area contributed by atoms with Gasteiger partial charge >= 0.3 is 0 Å². The fourth-order valence-corrected chi connectivity index (χ4v) is 4.26. The topological polar surface area (TPSA) is 18.5 Å². The number of rotatable bonds is 5. The van der Waals surface area contributed by atoms with E-state index in [1.54, 1.807) is 0 Å². The summed E-state index contributed by atoms with van der Waals surface area (Å²) >= 11 is 0. The van der Waals surface area contributed by atoms with Gasteiger partial charge in [-0.3, -0.25) is 0 Å². The highest BCUT2D eigenvalue weighted by Gasteiger charge is 2.39. The van der Waals surface area contributed by atoms with Gasteiger partial charge in [0.05, 0.1) is 0 Å². The number of hydrogen-bond donors (Lipinski definition) is 1. The number of nitrogens with zero attached hydrogens (tertiary/aromatic N) is 2. The van der Waals surface area contributed by atoms with E-state index >= 15 is 0 Å². The van der Waals surface area contributed by atoms with Gasteiger partial charge in [-0.05, 0) is 37.3 Å². The smallest absolute Gasteiger partial charge is 0.0159 e. The van der Waals surface area contributed by atoms with Crippen molar-refractivity contribution in [3.05, 3.63) is 0 Å². The standard InChI is InChI=1S/C17H35N3/c1-5-18-16-15(8-7-9-17(16,3)4)14-20-12-10-19(6-2)11-13-20/h15-16,18H,5-14H2,1-4H3. The highest BCUT2D eigenvalue weighted by molar-refractivity contribution is 4.94. The molecule has 2 rings (SSSR count). The molecule has 1 N–H and O–H groups in total. The van der Waals surface area contributed by atoms with E-state index in [0.29, 0.717) is 11.5 Å². The molecule has 2 atom stereocenters. The predicted molar refractivity (Wildman–Crippen MR) is 87.1 cm³/mol. The highest BCUT2D eigenvalue weighted by atomic mass is 15.3. The monoisotopic (exact) mass is 281 g/mol. The normalized spacial score (nSPS) is 32.4. The van der Waals surface area contributed by atoms with Crippen LogP contribution in [0, 0.1) is 11.3 Å². The lowest BCUT2D eigenvalue weighted by molar-refractivity contribution is 0.0591. The van der Waals surface area contributed by atoms with Crippen molar-refractivity contribution >= 4 is 0 Å². The molecular formula is C17H35N3. The summed E-state index contributed by atoms with van der Waals surface area (Å²) in [5.74, 6) is 0.840. The summed E-state index contributed by atoms with van der Waals surface area (Å²) in [6.07, 6.45) is 4.20. The maximum Gasteiger partial charge on any atom is 0.0159 e. The van der Waals surface area contributed by atoms with Crippen molar-refractivity contribution in [1.29, 1.82) is 0 Å². The van der Waals surface area contributed by atoms with E-state index < -0.39 is 0 Å². The molecule has 2 fully saturated rings. The zero-order valence-corrected chi connectivity index (χ0v) is 14.1. The quantitative estimate of drug-likeness (QED) is 0.835. The van der Waals surface area contributed by atoms with Gasteiger partial charge in [-0.1, -0.05) is 34.1 Å². The second-order valence-corrected chi connectivity index (χ2v) is 7.41. The zero-order chi connectivity index (χ0) is 14.6. The SMILES string of the molecule is CCNC1C(CN2CCN(CC)CC2)CCCC1(C)C. The number of hydrogen-bond acceptors (Lipinski definition) is 3. The molecular weight excluding hydrogens is 246 g/mol. The van der Waals surface area contributed by atoms with Crippen LogP contribution in [0.5, 0.6) is 0 Å². The van der Waals surface area contributed by atoms with Crippen LogP contribution in [-0.4, -0.2) is 61.7 Å². The first-order chi connectivity index (χ1) is 9.56. The minimum Gasteiger partial charge on any atom is -0.313 e. The Labute approximate surface area is 126 Å². The first-order valence-corrected chi connectivity index (χ1v) is 8.75. The zero-order valence-electron chi connectivity index (χ0n) is 14.1. The van der Waals surface area contributed by atoms with Crippen molar-refractivity contribution in [2.75, 3.05) is 45.8 Å². The Hall–Kier alpha value is -0.120. The fourth-order valence-electron chi connectivity index (χ4n) is 4.26. The third kappa shape index (κ3) is 3.96. The summed E-state index contributed by atoms with van der Waals surface area (Å²) in [7, 11) is 0. The third-order valence-electron chi connectivity index (χ3n) is 5.54. The first kappa shape index (κ1) is 16.3. The molecule has 0 aromatic carbocycles. The van der Waals surface area contributed by atoms with Gasteiger partial charge < -0.3 is 15.1 Å². The summed E-state index contributed by atoms with van der Waals surface area (Å²) in [6, 6.07) is 0.699. The number of piperazine rings is 1. The van der Waals surface area contributed by atoms with E-state index in [9.17, 15) is 0 Å². The lowest BCUT2D eigenvalue weighted by Crippen LogP contribution is -2.55. The van der Waals surface area contributed by atoms with E-state index in [4.69, 9.17) is 0 Å². The second kappa shape index (κ2) is 7.24. The van der Waals surface area contributed by atoms with Gasteiger partial charge in [-0.2, -0.15) is 0 Å². The summed E-state index contributed by atoms with van der Waals surface area (Å²) in [6.45, 7) is 18.1. The molecule has 1 aliphatic heterocycles. The summed E-state index contributed by atoms with van der Waals surface area (Å²) in [4.78, 5) is 5.28. The molecule has 118 valence electrons. The maximum atomic E-state index is 3.80. The van der Waals surface area contributed by atoms with Gasteiger partial charge in [0.25, 0.3) is 0 Å². The van der Waals surface area contributed by atoms with E-state index in [0.717, 1.165) is 12.5 Å². The molecule has 20 heavy (non-hydrogen) atoms. The minimum absolute atomic E-state index is 0.462. The molecule has 1 saturated carbocycles. The molecule has 1 aliphatic carbocycles. The Kier molecular flexibility index (Phi) is 5.88. The first-order valence-electron chi connectivity index (χ1n) is 8.75. The average molecular weight is 281 g/mol. The second-order valence-electron chi connectivity index (χ2n) is 7.41. The van der Waals surface area contributed by atoms with Crippen LogP contribution in [0.1, 0.15) is 47.0 Å². The van der Waals surface area contributed by atoms with Crippen LogP contribution in [0.15, 0.2) is 0 Å². The van der Waals surface area contributed by atoms with E-state index in [1.807, 2.05) is 0 Å². The Balaban J connectivity index is 1.89. The van der Waals surface area contributed by atoms with Crippen LogP contribution < -0.4 is 5.32 Å². The van der Waals surface area contributed by atoms with Crippen LogP contribution in [0.4, 0.5) is 0 Å². The molecule has 0 spiro atoms. The van der Waals surface area contributed by atoms with Crippen LogP contribution in [0.25, 0.3) is 0 Å². The maximum absolute atomic E-state index is 3.80. The highest BCUT2D eigenvalue weighted by Crippen LogP contribution is 2.39.